The van der Waals surface area contributed by atoms with Gasteiger partial charge in [0.2, 0.25) is 11.9 Å². The number of carbonyl (C=O) groups is 1. The molecule has 4 rings (SSSR count). The summed E-state index contributed by atoms with van der Waals surface area (Å²) in [6.45, 7) is 1.20. The fourth-order valence-corrected chi connectivity index (χ4v) is 3.56. The fourth-order valence-electron chi connectivity index (χ4n) is 3.56. The SMILES string of the molecule is Cn1cc(-c2ccnc(C3CCN(C(=O)[C@@H]4C[C@H]4[N+](=O)[O-])CC3)n2)cn1. The zero-order valence-corrected chi connectivity index (χ0v) is 14.5. The molecule has 9 nitrogen and oxygen atoms in total. The van der Waals surface area contributed by atoms with Gasteiger partial charge in [0.1, 0.15) is 11.7 Å². The molecule has 0 unspecified atom stereocenters. The maximum atomic E-state index is 12.3. The first-order valence-corrected chi connectivity index (χ1v) is 8.77. The third-order valence-electron chi connectivity index (χ3n) is 5.19. The highest BCUT2D eigenvalue weighted by atomic mass is 16.6. The van der Waals surface area contributed by atoms with E-state index in [4.69, 9.17) is 0 Å². The third kappa shape index (κ3) is 3.16. The monoisotopic (exact) mass is 356 g/mol. The molecule has 1 aliphatic heterocycles. The van der Waals surface area contributed by atoms with Gasteiger partial charge in [-0.15, -0.1) is 0 Å². The molecule has 2 atom stereocenters. The van der Waals surface area contributed by atoms with E-state index in [1.54, 1.807) is 22.0 Å². The molecule has 9 heteroatoms. The molecule has 26 heavy (non-hydrogen) atoms. The van der Waals surface area contributed by atoms with E-state index in [0.29, 0.717) is 19.5 Å². The number of carbonyl (C=O) groups excluding carboxylic acids is 1. The summed E-state index contributed by atoms with van der Waals surface area (Å²) < 4.78 is 1.73. The quantitative estimate of drug-likeness (QED) is 0.603. The molecule has 0 bridgehead atoms. The number of hydrogen-bond acceptors (Lipinski definition) is 6. The number of likely N-dealkylation sites (tertiary alicyclic amines) is 1. The standard InChI is InChI=1S/C17H20N6O3/c1-21-10-12(9-19-21)14-2-5-18-16(20-14)11-3-6-22(7-4-11)17(24)13-8-15(13)23(25)26/h2,5,9-11,13,15H,3-4,6-8H2,1H3/t13-,15-/m1/s1. The van der Waals surface area contributed by atoms with Crippen LogP contribution < -0.4 is 0 Å². The van der Waals surface area contributed by atoms with E-state index in [9.17, 15) is 14.9 Å². The number of nitro groups is 1. The molecule has 0 radical (unpaired) electrons. The first-order valence-electron chi connectivity index (χ1n) is 8.77. The van der Waals surface area contributed by atoms with Crippen molar-refractivity contribution in [1.82, 2.24) is 24.6 Å². The second-order valence-corrected chi connectivity index (χ2v) is 7.00. The molecule has 0 N–H and O–H groups in total. The van der Waals surface area contributed by atoms with E-state index in [2.05, 4.69) is 15.1 Å². The summed E-state index contributed by atoms with van der Waals surface area (Å²) in [5.74, 6) is 0.483. The molecule has 1 saturated heterocycles. The van der Waals surface area contributed by atoms with Crippen molar-refractivity contribution in [3.05, 3.63) is 40.6 Å². The van der Waals surface area contributed by atoms with Crippen LogP contribution in [0.2, 0.25) is 0 Å². The van der Waals surface area contributed by atoms with Gasteiger partial charge < -0.3 is 4.90 Å². The Kier molecular flexibility index (Phi) is 4.14. The molecule has 1 saturated carbocycles. The van der Waals surface area contributed by atoms with Crippen LogP contribution in [-0.4, -0.2) is 54.6 Å². The average Bonchev–Trinajstić information content (AvgIpc) is 3.36. The average molecular weight is 356 g/mol. The van der Waals surface area contributed by atoms with Crippen molar-refractivity contribution >= 4 is 5.91 Å². The Morgan fingerprint density at radius 2 is 2.12 bits per heavy atom. The van der Waals surface area contributed by atoms with Crippen molar-refractivity contribution in [3.63, 3.8) is 0 Å². The lowest BCUT2D eigenvalue weighted by molar-refractivity contribution is -0.497. The maximum Gasteiger partial charge on any atom is 0.232 e. The van der Waals surface area contributed by atoms with Crippen molar-refractivity contribution in [2.24, 2.45) is 13.0 Å². The van der Waals surface area contributed by atoms with Crippen molar-refractivity contribution in [1.29, 1.82) is 0 Å². The maximum absolute atomic E-state index is 12.3. The van der Waals surface area contributed by atoms with Gasteiger partial charge in [-0.25, -0.2) is 9.97 Å². The number of aryl methyl sites for hydroxylation is 1. The van der Waals surface area contributed by atoms with Crippen molar-refractivity contribution in [2.45, 2.75) is 31.2 Å². The zero-order valence-electron chi connectivity index (χ0n) is 14.5. The Morgan fingerprint density at radius 1 is 1.35 bits per heavy atom. The lowest BCUT2D eigenvalue weighted by atomic mass is 9.95. The number of amides is 1. The molecular weight excluding hydrogens is 336 g/mol. The number of nitrogens with zero attached hydrogens (tertiary/aromatic N) is 6. The topological polar surface area (TPSA) is 107 Å². The van der Waals surface area contributed by atoms with Gasteiger partial charge in [0.05, 0.1) is 11.9 Å². The van der Waals surface area contributed by atoms with Crippen LogP contribution in [-0.2, 0) is 11.8 Å². The Bertz CT molecular complexity index is 843. The smallest absolute Gasteiger partial charge is 0.232 e. The van der Waals surface area contributed by atoms with Gasteiger partial charge in [-0.2, -0.15) is 5.10 Å². The van der Waals surface area contributed by atoms with E-state index in [1.807, 2.05) is 19.3 Å². The van der Waals surface area contributed by atoms with Gasteiger partial charge in [0.25, 0.3) is 0 Å². The van der Waals surface area contributed by atoms with E-state index in [-0.39, 0.29) is 16.7 Å². The number of piperidine rings is 1. The Morgan fingerprint density at radius 3 is 2.73 bits per heavy atom. The number of hydrogen-bond donors (Lipinski definition) is 0. The molecule has 2 aliphatic rings. The van der Waals surface area contributed by atoms with Gasteiger partial charge in [-0.3, -0.25) is 19.6 Å². The lowest BCUT2D eigenvalue weighted by Gasteiger charge is -2.31. The Labute approximate surface area is 150 Å². The molecule has 1 aliphatic carbocycles. The largest absolute Gasteiger partial charge is 0.342 e. The summed E-state index contributed by atoms with van der Waals surface area (Å²) in [5.41, 5.74) is 1.79. The van der Waals surface area contributed by atoms with Crippen LogP contribution in [0, 0.1) is 16.0 Å². The van der Waals surface area contributed by atoms with Gasteiger partial charge in [0, 0.05) is 55.4 Å². The van der Waals surface area contributed by atoms with Crippen LogP contribution in [0.1, 0.15) is 31.0 Å². The highest BCUT2D eigenvalue weighted by molar-refractivity contribution is 5.82. The lowest BCUT2D eigenvalue weighted by Crippen LogP contribution is -2.40. The minimum atomic E-state index is -0.681. The van der Waals surface area contributed by atoms with E-state index >= 15 is 0 Å². The predicted molar refractivity (Wildman–Crippen MR) is 91.7 cm³/mol. The van der Waals surface area contributed by atoms with Gasteiger partial charge >= 0.3 is 0 Å². The second kappa shape index (κ2) is 6.47. The summed E-state index contributed by atoms with van der Waals surface area (Å²) in [7, 11) is 1.86. The minimum Gasteiger partial charge on any atom is -0.342 e. The van der Waals surface area contributed by atoms with Gasteiger partial charge in [-0.05, 0) is 18.9 Å². The molecule has 0 spiro atoms. The zero-order chi connectivity index (χ0) is 18.3. The molecular formula is C17H20N6O3. The van der Waals surface area contributed by atoms with Crippen LogP contribution in [0.3, 0.4) is 0 Å². The molecule has 3 heterocycles. The Balaban J connectivity index is 1.39. The summed E-state index contributed by atoms with van der Waals surface area (Å²) >= 11 is 0. The first kappa shape index (κ1) is 16.6. The van der Waals surface area contributed by atoms with Crippen molar-refractivity contribution in [2.75, 3.05) is 13.1 Å². The van der Waals surface area contributed by atoms with E-state index < -0.39 is 12.0 Å². The van der Waals surface area contributed by atoms with Gasteiger partial charge in [-0.1, -0.05) is 0 Å². The highest BCUT2D eigenvalue weighted by Crippen LogP contribution is 2.36. The van der Waals surface area contributed by atoms with E-state index in [1.165, 1.54) is 0 Å². The normalized spacial score (nSPS) is 23.0. The fraction of sp³-hybridized carbons (Fsp3) is 0.529. The van der Waals surface area contributed by atoms with Crippen molar-refractivity contribution < 1.29 is 9.72 Å². The summed E-state index contributed by atoms with van der Waals surface area (Å²) in [6, 6.07) is 1.18. The molecule has 2 fully saturated rings. The second-order valence-electron chi connectivity index (χ2n) is 7.00. The third-order valence-corrected chi connectivity index (χ3v) is 5.19. The van der Waals surface area contributed by atoms with Crippen LogP contribution in [0.4, 0.5) is 0 Å². The molecule has 0 aromatic carbocycles. The first-order chi connectivity index (χ1) is 12.5. The summed E-state index contributed by atoms with van der Waals surface area (Å²) in [4.78, 5) is 33.6. The predicted octanol–water partition coefficient (Wildman–Crippen LogP) is 1.25. The van der Waals surface area contributed by atoms with Gasteiger partial charge in [0.15, 0.2) is 0 Å². The minimum absolute atomic E-state index is 0.0739. The number of rotatable bonds is 4. The van der Waals surface area contributed by atoms with Crippen molar-refractivity contribution in [3.8, 4) is 11.3 Å². The summed E-state index contributed by atoms with van der Waals surface area (Å²) in [6.07, 6.45) is 7.37. The van der Waals surface area contributed by atoms with Crippen LogP contribution in [0.25, 0.3) is 11.3 Å². The van der Waals surface area contributed by atoms with E-state index in [0.717, 1.165) is 29.9 Å². The summed E-state index contributed by atoms with van der Waals surface area (Å²) in [5, 5.41) is 14.9. The van der Waals surface area contributed by atoms with Crippen LogP contribution in [0.5, 0.6) is 0 Å². The molecule has 136 valence electrons. The Hall–Kier alpha value is -2.84. The molecule has 2 aromatic rings. The number of aromatic nitrogens is 4. The molecule has 1 amide bonds. The highest BCUT2D eigenvalue weighted by Gasteiger charge is 2.54. The van der Waals surface area contributed by atoms with Crippen LogP contribution in [0.15, 0.2) is 24.7 Å². The van der Waals surface area contributed by atoms with Crippen LogP contribution >= 0.6 is 0 Å². The molecule has 2 aromatic heterocycles.